The van der Waals surface area contributed by atoms with E-state index in [0.29, 0.717) is 0 Å². The Kier molecular flexibility index (Phi) is 4.91. The van der Waals surface area contributed by atoms with E-state index in [4.69, 9.17) is 5.11 Å². The molecule has 0 spiro atoms. The smallest absolute Gasteiger partial charge is 0.390 e. The summed E-state index contributed by atoms with van der Waals surface area (Å²) >= 11 is 0. The molecule has 126 valence electrons. The van der Waals surface area contributed by atoms with Gasteiger partial charge in [0.1, 0.15) is 5.69 Å². The molecule has 0 radical (unpaired) electrons. The molecule has 1 saturated carbocycles. The minimum Gasteiger partial charge on any atom is -0.478 e. The molecule has 1 fully saturated rings. The van der Waals surface area contributed by atoms with Gasteiger partial charge in [-0.25, -0.2) is 9.78 Å². The second-order valence-electron chi connectivity index (χ2n) is 5.69. The van der Waals surface area contributed by atoms with Gasteiger partial charge in [0, 0.05) is 13.1 Å². The molecule has 1 heterocycles. The molecule has 5 nitrogen and oxygen atoms in total. The number of nitrogens with zero attached hydrogens (tertiary/aromatic N) is 2. The Morgan fingerprint density at radius 1 is 1.35 bits per heavy atom. The van der Waals surface area contributed by atoms with Crippen molar-refractivity contribution >= 4 is 11.9 Å². The zero-order valence-corrected chi connectivity index (χ0v) is 12.6. The van der Waals surface area contributed by atoms with Crippen molar-refractivity contribution in [3.05, 3.63) is 29.1 Å². The fourth-order valence-corrected chi connectivity index (χ4v) is 2.22. The number of alkyl halides is 3. The van der Waals surface area contributed by atoms with Gasteiger partial charge in [-0.3, -0.25) is 4.79 Å². The Morgan fingerprint density at radius 3 is 2.48 bits per heavy atom. The predicted molar refractivity (Wildman–Crippen MR) is 75.2 cm³/mol. The van der Waals surface area contributed by atoms with Crippen molar-refractivity contribution in [1.29, 1.82) is 0 Å². The molecule has 0 unspecified atom stereocenters. The van der Waals surface area contributed by atoms with E-state index < -0.39 is 31.0 Å². The summed E-state index contributed by atoms with van der Waals surface area (Å²) in [5.41, 5.74) is 0.0893. The van der Waals surface area contributed by atoms with Crippen LogP contribution < -0.4 is 0 Å². The van der Waals surface area contributed by atoms with Crippen LogP contribution in [-0.4, -0.2) is 46.1 Å². The molecule has 1 N–H and O–H groups in total. The van der Waals surface area contributed by atoms with Gasteiger partial charge in [0.05, 0.1) is 17.7 Å². The van der Waals surface area contributed by atoms with Crippen LogP contribution in [0.4, 0.5) is 13.2 Å². The normalized spacial score (nSPS) is 14.6. The number of aryl methyl sites for hydroxylation is 1. The van der Waals surface area contributed by atoms with Crippen molar-refractivity contribution in [3.8, 4) is 0 Å². The fourth-order valence-electron chi connectivity index (χ4n) is 2.22. The van der Waals surface area contributed by atoms with Crippen molar-refractivity contribution in [2.45, 2.75) is 32.4 Å². The lowest BCUT2D eigenvalue weighted by Gasteiger charge is -2.23. The van der Waals surface area contributed by atoms with E-state index in [9.17, 15) is 22.8 Å². The Bertz CT molecular complexity index is 612. The lowest BCUT2D eigenvalue weighted by molar-refractivity contribution is -0.136. The summed E-state index contributed by atoms with van der Waals surface area (Å²) in [7, 11) is 0. The number of pyridine rings is 1. The summed E-state index contributed by atoms with van der Waals surface area (Å²) in [4.78, 5) is 28.4. The van der Waals surface area contributed by atoms with Crippen LogP contribution >= 0.6 is 0 Å². The standard InChI is InChI=1S/C15H17F3N2O3/c1-9-11(14(22)23)4-5-12(19-9)13(21)20(8-10-2-3-10)7-6-15(16,17)18/h4-5,10H,2-3,6-8H2,1H3,(H,22,23). The molecule has 1 aromatic heterocycles. The van der Waals surface area contributed by atoms with Gasteiger partial charge in [0.15, 0.2) is 0 Å². The van der Waals surface area contributed by atoms with Crippen LogP contribution in [0.3, 0.4) is 0 Å². The molecule has 2 rings (SSSR count). The molecule has 1 amide bonds. The summed E-state index contributed by atoms with van der Waals surface area (Å²) in [6, 6.07) is 2.49. The van der Waals surface area contributed by atoms with Crippen molar-refractivity contribution in [2.75, 3.05) is 13.1 Å². The molecular formula is C15H17F3N2O3. The van der Waals surface area contributed by atoms with Crippen LogP contribution in [0.5, 0.6) is 0 Å². The number of hydrogen-bond acceptors (Lipinski definition) is 3. The molecule has 0 bridgehead atoms. The Morgan fingerprint density at radius 2 is 2.00 bits per heavy atom. The molecule has 1 aliphatic carbocycles. The van der Waals surface area contributed by atoms with E-state index in [-0.39, 0.29) is 29.4 Å². The number of carbonyl (C=O) groups is 2. The fraction of sp³-hybridized carbons (Fsp3) is 0.533. The quantitative estimate of drug-likeness (QED) is 0.871. The van der Waals surface area contributed by atoms with Gasteiger partial charge in [-0.15, -0.1) is 0 Å². The monoisotopic (exact) mass is 330 g/mol. The molecule has 1 aromatic rings. The first kappa shape index (κ1) is 17.2. The SMILES string of the molecule is Cc1nc(C(=O)N(CCC(F)(F)F)CC2CC2)ccc1C(=O)O. The number of carbonyl (C=O) groups excluding carboxylic acids is 1. The first-order valence-electron chi connectivity index (χ1n) is 7.24. The van der Waals surface area contributed by atoms with Crippen LogP contribution in [0.2, 0.25) is 0 Å². The maximum atomic E-state index is 12.4. The molecular weight excluding hydrogens is 313 g/mol. The maximum Gasteiger partial charge on any atom is 0.390 e. The molecule has 23 heavy (non-hydrogen) atoms. The molecule has 0 atom stereocenters. The lowest BCUT2D eigenvalue weighted by atomic mass is 10.1. The van der Waals surface area contributed by atoms with Gasteiger partial charge in [-0.2, -0.15) is 13.2 Å². The highest BCUT2D eigenvalue weighted by molar-refractivity contribution is 5.94. The first-order chi connectivity index (χ1) is 10.7. The van der Waals surface area contributed by atoms with E-state index in [0.717, 1.165) is 17.7 Å². The summed E-state index contributed by atoms with van der Waals surface area (Å²) in [6.07, 6.45) is -3.60. The first-order valence-corrected chi connectivity index (χ1v) is 7.24. The molecule has 0 saturated heterocycles. The van der Waals surface area contributed by atoms with Crippen LogP contribution in [0.25, 0.3) is 0 Å². The van der Waals surface area contributed by atoms with Gasteiger partial charge in [-0.05, 0) is 37.8 Å². The zero-order chi connectivity index (χ0) is 17.2. The van der Waals surface area contributed by atoms with Crippen LogP contribution in [0, 0.1) is 12.8 Å². The summed E-state index contributed by atoms with van der Waals surface area (Å²) < 4.78 is 37.3. The lowest BCUT2D eigenvalue weighted by Crippen LogP contribution is -2.36. The number of aromatic carboxylic acids is 1. The number of amides is 1. The molecule has 1 aliphatic rings. The van der Waals surface area contributed by atoms with E-state index in [1.807, 2.05) is 0 Å². The largest absolute Gasteiger partial charge is 0.478 e. The van der Waals surface area contributed by atoms with Gasteiger partial charge < -0.3 is 10.0 Å². The van der Waals surface area contributed by atoms with E-state index >= 15 is 0 Å². The highest BCUT2D eigenvalue weighted by Gasteiger charge is 2.32. The number of aromatic nitrogens is 1. The summed E-state index contributed by atoms with van der Waals surface area (Å²) in [5.74, 6) is -1.52. The zero-order valence-electron chi connectivity index (χ0n) is 12.6. The van der Waals surface area contributed by atoms with Gasteiger partial charge in [-0.1, -0.05) is 0 Å². The topological polar surface area (TPSA) is 70.5 Å². The van der Waals surface area contributed by atoms with Gasteiger partial charge in [0.2, 0.25) is 0 Å². The van der Waals surface area contributed by atoms with Crippen molar-refractivity contribution in [3.63, 3.8) is 0 Å². The third-order valence-corrected chi connectivity index (χ3v) is 3.66. The van der Waals surface area contributed by atoms with Crippen molar-refractivity contribution in [2.24, 2.45) is 5.92 Å². The van der Waals surface area contributed by atoms with E-state index in [1.165, 1.54) is 19.1 Å². The minimum atomic E-state index is -4.33. The summed E-state index contributed by atoms with van der Waals surface area (Å²) in [6.45, 7) is 1.30. The second-order valence-corrected chi connectivity index (χ2v) is 5.69. The number of carboxylic acids is 1. The second kappa shape index (κ2) is 6.55. The van der Waals surface area contributed by atoms with E-state index in [1.54, 1.807) is 0 Å². The van der Waals surface area contributed by atoms with Crippen LogP contribution in [0.1, 0.15) is 45.8 Å². The molecule has 0 aromatic carbocycles. The van der Waals surface area contributed by atoms with Gasteiger partial charge >= 0.3 is 12.1 Å². The minimum absolute atomic E-state index is 0.0321. The Labute approximate surface area is 131 Å². The highest BCUT2D eigenvalue weighted by Crippen LogP contribution is 2.31. The molecule has 0 aliphatic heterocycles. The van der Waals surface area contributed by atoms with E-state index in [2.05, 4.69) is 4.98 Å². The predicted octanol–water partition coefficient (Wildman–Crippen LogP) is 2.89. The third-order valence-electron chi connectivity index (χ3n) is 3.66. The molecule has 8 heteroatoms. The van der Waals surface area contributed by atoms with Crippen molar-refractivity contribution < 1.29 is 27.9 Å². The van der Waals surface area contributed by atoms with Crippen LogP contribution in [0.15, 0.2) is 12.1 Å². The Hall–Kier alpha value is -2.12. The average molecular weight is 330 g/mol. The number of carboxylic acid groups (broad SMARTS) is 1. The third kappa shape index (κ3) is 4.94. The van der Waals surface area contributed by atoms with Crippen LogP contribution in [-0.2, 0) is 0 Å². The number of halogens is 3. The van der Waals surface area contributed by atoms with Crippen molar-refractivity contribution in [1.82, 2.24) is 9.88 Å². The maximum absolute atomic E-state index is 12.4. The number of hydrogen-bond donors (Lipinski definition) is 1. The summed E-state index contributed by atoms with van der Waals surface area (Å²) in [5, 5.41) is 8.94. The average Bonchev–Trinajstić information content (AvgIpc) is 3.25. The van der Waals surface area contributed by atoms with Gasteiger partial charge in [0.25, 0.3) is 5.91 Å². The highest BCUT2D eigenvalue weighted by atomic mass is 19.4. The number of rotatable bonds is 6. The Balaban J connectivity index is 2.15.